The minimum atomic E-state index is -0.288. The molecule has 1 aliphatic carbocycles. The molecule has 0 saturated heterocycles. The fourth-order valence-electron chi connectivity index (χ4n) is 3.32. The van der Waals surface area contributed by atoms with Crippen molar-refractivity contribution in [2.24, 2.45) is 0 Å². The van der Waals surface area contributed by atoms with Crippen LogP contribution in [0.4, 0.5) is 0 Å². The summed E-state index contributed by atoms with van der Waals surface area (Å²) in [6.07, 6.45) is 5.69. The van der Waals surface area contributed by atoms with E-state index in [2.05, 4.69) is 0 Å². The van der Waals surface area contributed by atoms with Gasteiger partial charge in [0.05, 0.1) is 13.5 Å². The van der Waals surface area contributed by atoms with Gasteiger partial charge in [-0.1, -0.05) is 31.4 Å². The van der Waals surface area contributed by atoms with Crippen molar-refractivity contribution in [3.8, 4) is 5.75 Å². The fourth-order valence-corrected chi connectivity index (χ4v) is 3.32. The van der Waals surface area contributed by atoms with Crippen LogP contribution in [0.3, 0.4) is 0 Å². The first-order chi connectivity index (χ1) is 12.0. The molecule has 0 unspecified atom stereocenters. The van der Waals surface area contributed by atoms with E-state index in [1.807, 2.05) is 36.9 Å². The molecule has 0 spiro atoms. The number of aryl methyl sites for hydroxylation is 1. The summed E-state index contributed by atoms with van der Waals surface area (Å²) in [7, 11) is 1.37. The highest BCUT2D eigenvalue weighted by atomic mass is 16.5. The lowest BCUT2D eigenvalue weighted by Gasteiger charge is -2.34. The third kappa shape index (κ3) is 5.48. The summed E-state index contributed by atoms with van der Waals surface area (Å²) in [5.74, 6) is 0.394. The van der Waals surface area contributed by atoms with E-state index < -0.39 is 0 Å². The van der Waals surface area contributed by atoms with Crippen LogP contribution in [-0.2, 0) is 14.3 Å². The van der Waals surface area contributed by atoms with Gasteiger partial charge in [-0.05, 0) is 43.9 Å². The van der Waals surface area contributed by atoms with Crippen LogP contribution in [0.25, 0.3) is 0 Å². The molecule has 0 N–H and O–H groups in total. The molecule has 1 saturated carbocycles. The summed E-state index contributed by atoms with van der Waals surface area (Å²) in [4.78, 5) is 26.1. The molecule has 1 aliphatic rings. The summed E-state index contributed by atoms with van der Waals surface area (Å²) < 4.78 is 10.5. The number of hydrogen-bond acceptors (Lipinski definition) is 4. The van der Waals surface area contributed by atoms with Gasteiger partial charge in [0.15, 0.2) is 6.61 Å². The maximum Gasteiger partial charge on any atom is 0.307 e. The highest BCUT2D eigenvalue weighted by Gasteiger charge is 2.26. The van der Waals surface area contributed by atoms with Crippen molar-refractivity contribution in [2.75, 3.05) is 20.3 Å². The molecule has 2 rings (SSSR count). The molecule has 0 aromatic heterocycles. The average molecular weight is 347 g/mol. The fraction of sp³-hybridized carbons (Fsp3) is 0.600. The average Bonchev–Trinajstić information content (AvgIpc) is 2.63. The summed E-state index contributed by atoms with van der Waals surface area (Å²) in [5, 5.41) is 0. The lowest BCUT2D eigenvalue weighted by Crippen LogP contribution is -2.44. The molecule has 0 radical (unpaired) electrons. The topological polar surface area (TPSA) is 55.8 Å². The van der Waals surface area contributed by atoms with E-state index in [4.69, 9.17) is 9.47 Å². The predicted octanol–water partition coefficient (Wildman–Crippen LogP) is 3.41. The van der Waals surface area contributed by atoms with E-state index >= 15 is 0 Å². The number of ether oxygens (including phenoxy) is 2. The summed E-state index contributed by atoms with van der Waals surface area (Å²) in [5.41, 5.74) is 2.19. The van der Waals surface area contributed by atoms with Gasteiger partial charge in [-0.3, -0.25) is 9.59 Å². The number of benzene rings is 1. The number of carbonyl (C=O) groups excluding carboxylic acids is 2. The Morgan fingerprint density at radius 2 is 1.88 bits per heavy atom. The quantitative estimate of drug-likeness (QED) is 0.709. The van der Waals surface area contributed by atoms with Crippen molar-refractivity contribution in [3.63, 3.8) is 0 Å². The van der Waals surface area contributed by atoms with Crippen LogP contribution in [0.15, 0.2) is 18.2 Å². The molecule has 0 atom stereocenters. The van der Waals surface area contributed by atoms with Crippen LogP contribution in [0.1, 0.15) is 49.7 Å². The minimum Gasteiger partial charge on any atom is -0.483 e. The Labute approximate surface area is 150 Å². The molecule has 5 nitrogen and oxygen atoms in total. The van der Waals surface area contributed by atoms with Crippen LogP contribution < -0.4 is 4.74 Å². The van der Waals surface area contributed by atoms with E-state index in [1.54, 1.807) is 0 Å². The normalized spacial score (nSPS) is 14.8. The number of hydrogen-bond donors (Lipinski definition) is 0. The van der Waals surface area contributed by atoms with E-state index in [0.717, 1.165) is 42.6 Å². The second kappa shape index (κ2) is 9.44. The number of esters is 1. The Morgan fingerprint density at radius 1 is 1.16 bits per heavy atom. The molecule has 1 fully saturated rings. The molecule has 138 valence electrons. The molecule has 1 aromatic rings. The molecule has 0 aliphatic heterocycles. The maximum absolute atomic E-state index is 12.8. The largest absolute Gasteiger partial charge is 0.483 e. The number of nitrogens with zero attached hydrogens (tertiary/aromatic N) is 1. The third-order valence-electron chi connectivity index (χ3n) is 5.03. The van der Waals surface area contributed by atoms with Gasteiger partial charge in [-0.2, -0.15) is 0 Å². The van der Waals surface area contributed by atoms with Crippen LogP contribution in [0.5, 0.6) is 5.75 Å². The smallest absolute Gasteiger partial charge is 0.307 e. The highest BCUT2D eigenvalue weighted by molar-refractivity contribution is 5.79. The zero-order chi connectivity index (χ0) is 18.2. The van der Waals surface area contributed by atoms with E-state index in [0.29, 0.717) is 6.54 Å². The molecular formula is C20H29NO4. The molecular weight excluding hydrogens is 318 g/mol. The molecule has 5 heteroatoms. The van der Waals surface area contributed by atoms with Gasteiger partial charge in [0.1, 0.15) is 5.75 Å². The Balaban J connectivity index is 2.00. The first-order valence-corrected chi connectivity index (χ1v) is 9.08. The molecule has 25 heavy (non-hydrogen) atoms. The van der Waals surface area contributed by atoms with Crippen LogP contribution in [0.2, 0.25) is 0 Å². The lowest BCUT2D eigenvalue weighted by molar-refractivity contribution is -0.143. The molecule has 0 bridgehead atoms. The monoisotopic (exact) mass is 347 g/mol. The van der Waals surface area contributed by atoms with Gasteiger partial charge < -0.3 is 14.4 Å². The van der Waals surface area contributed by atoms with Crippen molar-refractivity contribution in [1.29, 1.82) is 0 Å². The Kier molecular flexibility index (Phi) is 7.29. The first kappa shape index (κ1) is 19.3. The van der Waals surface area contributed by atoms with Crippen molar-refractivity contribution in [3.05, 3.63) is 29.3 Å². The van der Waals surface area contributed by atoms with Crippen molar-refractivity contribution in [2.45, 2.75) is 58.4 Å². The van der Waals surface area contributed by atoms with Crippen molar-refractivity contribution < 1.29 is 19.1 Å². The third-order valence-corrected chi connectivity index (χ3v) is 5.03. The second-order valence-electron chi connectivity index (χ2n) is 6.69. The van der Waals surface area contributed by atoms with Crippen LogP contribution in [0, 0.1) is 13.8 Å². The van der Waals surface area contributed by atoms with E-state index in [-0.39, 0.29) is 30.9 Å². The molecule has 1 aromatic carbocycles. The van der Waals surface area contributed by atoms with Gasteiger partial charge >= 0.3 is 5.97 Å². The predicted molar refractivity (Wildman–Crippen MR) is 96.6 cm³/mol. The van der Waals surface area contributed by atoms with E-state index in [1.165, 1.54) is 13.5 Å². The van der Waals surface area contributed by atoms with Crippen molar-refractivity contribution >= 4 is 11.9 Å². The maximum atomic E-state index is 12.8. The summed E-state index contributed by atoms with van der Waals surface area (Å²) in [6.45, 7) is 4.41. The number of carbonyl (C=O) groups is 2. The summed E-state index contributed by atoms with van der Waals surface area (Å²) >= 11 is 0. The van der Waals surface area contributed by atoms with Gasteiger partial charge in [-0.15, -0.1) is 0 Å². The van der Waals surface area contributed by atoms with Crippen LogP contribution in [-0.4, -0.2) is 43.1 Å². The van der Waals surface area contributed by atoms with Gasteiger partial charge in [0.2, 0.25) is 0 Å². The van der Waals surface area contributed by atoms with Gasteiger partial charge in [0.25, 0.3) is 5.91 Å². The Morgan fingerprint density at radius 3 is 2.56 bits per heavy atom. The number of rotatable bonds is 7. The SMILES string of the molecule is COC(=O)CCN(C(=O)COc1cccc(C)c1C)C1CCCCC1. The zero-order valence-corrected chi connectivity index (χ0v) is 15.5. The number of amides is 1. The standard InChI is InChI=1S/C20H29NO4/c1-15-8-7-11-18(16(15)2)25-14-19(22)21(13-12-20(23)24-3)17-9-5-4-6-10-17/h7-8,11,17H,4-6,9-10,12-14H2,1-3H3. The number of methoxy groups -OCH3 is 1. The first-order valence-electron chi connectivity index (χ1n) is 9.08. The zero-order valence-electron chi connectivity index (χ0n) is 15.5. The van der Waals surface area contributed by atoms with Crippen LogP contribution >= 0.6 is 0 Å². The van der Waals surface area contributed by atoms with E-state index in [9.17, 15) is 9.59 Å². The molecule has 0 heterocycles. The van der Waals surface area contributed by atoms with Crippen molar-refractivity contribution in [1.82, 2.24) is 4.90 Å². The Hall–Kier alpha value is -2.04. The lowest BCUT2D eigenvalue weighted by atomic mass is 9.94. The van der Waals surface area contributed by atoms with Gasteiger partial charge in [-0.25, -0.2) is 0 Å². The second-order valence-corrected chi connectivity index (χ2v) is 6.69. The molecule has 1 amide bonds. The highest BCUT2D eigenvalue weighted by Crippen LogP contribution is 2.24. The van der Waals surface area contributed by atoms with Gasteiger partial charge in [0, 0.05) is 12.6 Å². The minimum absolute atomic E-state index is 0.00195. The summed E-state index contributed by atoms with van der Waals surface area (Å²) in [6, 6.07) is 6.04. The Bertz CT molecular complexity index is 593.